The Balaban J connectivity index is 1.68. The summed E-state index contributed by atoms with van der Waals surface area (Å²) in [5.41, 5.74) is 1.21. The number of aromatic nitrogens is 1. The zero-order valence-corrected chi connectivity index (χ0v) is 15.2. The van der Waals surface area contributed by atoms with Gasteiger partial charge in [-0.1, -0.05) is 19.3 Å². The molecule has 2 aromatic rings. The third kappa shape index (κ3) is 3.35. The van der Waals surface area contributed by atoms with E-state index in [1.54, 1.807) is 35.0 Å². The van der Waals surface area contributed by atoms with Crippen LogP contribution in [0.4, 0.5) is 9.18 Å². The van der Waals surface area contributed by atoms with E-state index in [2.05, 4.69) is 5.32 Å². The van der Waals surface area contributed by atoms with Crippen molar-refractivity contribution in [2.75, 3.05) is 0 Å². The molecule has 1 saturated heterocycles. The zero-order valence-electron chi connectivity index (χ0n) is 15.2. The average Bonchev–Trinajstić information content (AvgIpc) is 3.15. The van der Waals surface area contributed by atoms with Crippen LogP contribution >= 0.6 is 0 Å². The first-order valence-corrected chi connectivity index (χ1v) is 9.38. The number of amides is 4. The molecule has 144 valence electrons. The maximum Gasteiger partial charge on any atom is 0.331 e. The molecule has 0 radical (unpaired) electrons. The Morgan fingerprint density at radius 1 is 1.00 bits per heavy atom. The highest BCUT2D eigenvalue weighted by Crippen LogP contribution is 2.26. The molecule has 0 spiro atoms. The predicted molar refractivity (Wildman–Crippen MR) is 101 cm³/mol. The molecule has 1 aliphatic heterocycles. The van der Waals surface area contributed by atoms with Crippen LogP contribution in [0.25, 0.3) is 11.8 Å². The molecular weight excluding hydrogens is 361 g/mol. The Morgan fingerprint density at radius 3 is 2.43 bits per heavy atom. The number of nitrogens with zero attached hydrogens (tertiary/aromatic N) is 2. The van der Waals surface area contributed by atoms with Crippen molar-refractivity contribution >= 4 is 23.9 Å². The van der Waals surface area contributed by atoms with Gasteiger partial charge in [0.15, 0.2) is 0 Å². The molecule has 1 N–H and O–H groups in total. The summed E-state index contributed by atoms with van der Waals surface area (Å²) in [6.45, 7) is 0. The van der Waals surface area contributed by atoms with Gasteiger partial charge in [-0.3, -0.25) is 19.8 Å². The largest absolute Gasteiger partial charge is 0.331 e. The molecule has 0 unspecified atom stereocenters. The van der Waals surface area contributed by atoms with Gasteiger partial charge in [-0.05, 0) is 55.3 Å². The third-order valence-corrected chi connectivity index (χ3v) is 5.25. The Hall–Kier alpha value is -3.22. The number of urea groups is 1. The fourth-order valence-corrected chi connectivity index (χ4v) is 3.84. The minimum Gasteiger partial charge on any atom is -0.317 e. The zero-order chi connectivity index (χ0) is 19.7. The molecule has 28 heavy (non-hydrogen) atoms. The summed E-state index contributed by atoms with van der Waals surface area (Å²) >= 11 is 0. The summed E-state index contributed by atoms with van der Waals surface area (Å²) in [6, 6.07) is 8.59. The Labute approximate surface area is 161 Å². The van der Waals surface area contributed by atoms with E-state index < -0.39 is 17.8 Å². The molecule has 6 nitrogen and oxygen atoms in total. The summed E-state index contributed by atoms with van der Waals surface area (Å²) in [5.74, 6) is -1.61. The summed E-state index contributed by atoms with van der Waals surface area (Å²) in [5, 5.41) is 2.29. The molecule has 1 saturated carbocycles. The van der Waals surface area contributed by atoms with Crippen LogP contribution in [0.1, 0.15) is 37.8 Å². The fraction of sp³-hybridized carbons (Fsp3) is 0.286. The Kier molecular flexibility index (Phi) is 4.81. The number of benzene rings is 1. The third-order valence-electron chi connectivity index (χ3n) is 5.25. The number of nitrogens with one attached hydrogen (secondary N) is 1. The second kappa shape index (κ2) is 7.42. The number of halogens is 1. The van der Waals surface area contributed by atoms with Gasteiger partial charge in [0, 0.05) is 23.6 Å². The topological polar surface area (TPSA) is 71.4 Å². The van der Waals surface area contributed by atoms with Crippen molar-refractivity contribution in [2.24, 2.45) is 0 Å². The molecule has 2 fully saturated rings. The van der Waals surface area contributed by atoms with E-state index in [1.807, 2.05) is 0 Å². The first kappa shape index (κ1) is 18.2. The lowest BCUT2D eigenvalue weighted by Gasteiger charge is -2.35. The van der Waals surface area contributed by atoms with E-state index in [-0.39, 0.29) is 17.4 Å². The molecular formula is C21H20FN3O3. The van der Waals surface area contributed by atoms with Crippen molar-refractivity contribution in [3.8, 4) is 5.69 Å². The van der Waals surface area contributed by atoms with Crippen molar-refractivity contribution in [3.05, 3.63) is 59.7 Å². The smallest absolute Gasteiger partial charge is 0.317 e. The number of imide groups is 2. The average molecular weight is 381 g/mol. The Bertz CT molecular complexity index is 956. The van der Waals surface area contributed by atoms with Gasteiger partial charge in [-0.15, -0.1) is 0 Å². The molecule has 1 aliphatic carbocycles. The molecule has 2 aliphatic rings. The van der Waals surface area contributed by atoms with E-state index in [0.29, 0.717) is 11.4 Å². The second-order valence-electron chi connectivity index (χ2n) is 7.06. The molecule has 4 amide bonds. The highest BCUT2D eigenvalue weighted by molar-refractivity contribution is 6.31. The molecule has 1 aromatic heterocycles. The van der Waals surface area contributed by atoms with Gasteiger partial charge in [0.25, 0.3) is 11.8 Å². The molecule has 4 rings (SSSR count). The minimum atomic E-state index is -0.700. The van der Waals surface area contributed by atoms with Crippen LogP contribution in [0.5, 0.6) is 0 Å². The fourth-order valence-electron chi connectivity index (χ4n) is 3.84. The SMILES string of the molecule is O=C1NC(=O)N(C2CCCCC2)C(=O)/C1=C\c1cccn1-c1ccc(F)cc1. The lowest BCUT2D eigenvalue weighted by atomic mass is 9.93. The highest BCUT2D eigenvalue weighted by Gasteiger charge is 2.40. The van der Waals surface area contributed by atoms with Gasteiger partial charge < -0.3 is 4.57 Å². The Morgan fingerprint density at radius 2 is 1.71 bits per heavy atom. The van der Waals surface area contributed by atoms with Gasteiger partial charge in [0.1, 0.15) is 11.4 Å². The molecule has 7 heteroatoms. The number of rotatable bonds is 3. The van der Waals surface area contributed by atoms with Crippen LogP contribution in [0.2, 0.25) is 0 Å². The standard InChI is InChI=1S/C21H20FN3O3/c22-14-8-10-15(11-9-14)24-12-4-7-17(24)13-18-19(26)23-21(28)25(20(18)27)16-5-2-1-3-6-16/h4,7-13,16H,1-3,5-6H2,(H,23,26,28)/b18-13-. The van der Waals surface area contributed by atoms with Crippen LogP contribution in [0.15, 0.2) is 48.2 Å². The predicted octanol–water partition coefficient (Wildman–Crippen LogP) is 3.41. The first-order chi connectivity index (χ1) is 13.5. The van der Waals surface area contributed by atoms with E-state index in [9.17, 15) is 18.8 Å². The van der Waals surface area contributed by atoms with Gasteiger partial charge >= 0.3 is 6.03 Å². The van der Waals surface area contributed by atoms with Crippen molar-refractivity contribution in [1.29, 1.82) is 0 Å². The lowest BCUT2D eigenvalue weighted by molar-refractivity contribution is -0.132. The molecule has 2 heterocycles. The first-order valence-electron chi connectivity index (χ1n) is 9.38. The summed E-state index contributed by atoms with van der Waals surface area (Å²) < 4.78 is 14.9. The van der Waals surface area contributed by atoms with Crippen LogP contribution in [-0.2, 0) is 9.59 Å². The lowest BCUT2D eigenvalue weighted by Crippen LogP contribution is -2.58. The summed E-state index contributed by atoms with van der Waals surface area (Å²) in [7, 11) is 0. The maximum absolute atomic E-state index is 13.2. The van der Waals surface area contributed by atoms with Crippen LogP contribution in [-0.4, -0.2) is 33.4 Å². The van der Waals surface area contributed by atoms with Crippen LogP contribution in [0.3, 0.4) is 0 Å². The van der Waals surface area contributed by atoms with E-state index in [4.69, 9.17) is 0 Å². The number of hydrogen-bond donors (Lipinski definition) is 1. The van der Waals surface area contributed by atoms with Crippen molar-refractivity contribution < 1.29 is 18.8 Å². The quantitative estimate of drug-likeness (QED) is 0.654. The van der Waals surface area contributed by atoms with E-state index in [0.717, 1.165) is 32.1 Å². The van der Waals surface area contributed by atoms with Crippen molar-refractivity contribution in [3.63, 3.8) is 0 Å². The van der Waals surface area contributed by atoms with Gasteiger partial charge in [0.05, 0.1) is 0 Å². The van der Waals surface area contributed by atoms with Gasteiger partial charge in [-0.25, -0.2) is 9.18 Å². The van der Waals surface area contributed by atoms with Crippen molar-refractivity contribution in [1.82, 2.24) is 14.8 Å². The normalized spacial score (nSPS) is 20.0. The van der Waals surface area contributed by atoms with Gasteiger partial charge in [-0.2, -0.15) is 0 Å². The minimum absolute atomic E-state index is 0.0766. The number of carbonyl (C=O) groups excluding carboxylic acids is 3. The molecule has 0 atom stereocenters. The number of carbonyl (C=O) groups is 3. The van der Waals surface area contributed by atoms with Crippen LogP contribution in [0, 0.1) is 5.82 Å². The van der Waals surface area contributed by atoms with E-state index >= 15 is 0 Å². The highest BCUT2D eigenvalue weighted by atomic mass is 19.1. The van der Waals surface area contributed by atoms with Gasteiger partial charge in [0.2, 0.25) is 0 Å². The number of hydrogen-bond acceptors (Lipinski definition) is 3. The number of barbiturate groups is 1. The maximum atomic E-state index is 13.2. The molecule has 0 bridgehead atoms. The summed E-state index contributed by atoms with van der Waals surface area (Å²) in [6.07, 6.45) is 7.76. The summed E-state index contributed by atoms with van der Waals surface area (Å²) in [4.78, 5) is 38.8. The van der Waals surface area contributed by atoms with Crippen LogP contribution < -0.4 is 5.32 Å². The van der Waals surface area contributed by atoms with Crippen molar-refractivity contribution in [2.45, 2.75) is 38.1 Å². The van der Waals surface area contributed by atoms with E-state index in [1.165, 1.54) is 23.1 Å². The second-order valence-corrected chi connectivity index (χ2v) is 7.06. The monoisotopic (exact) mass is 381 g/mol. The molecule has 1 aromatic carbocycles.